The molecule has 0 fully saturated rings. The Morgan fingerprint density at radius 3 is 2.03 bits per heavy atom. The largest absolute Gasteiger partial charge is 0.291 e. The second-order valence-corrected chi connectivity index (χ2v) is 9.34. The average molecular weight is 426 g/mol. The molecule has 5 nitrogen and oxygen atoms in total. The molecule has 31 heavy (non-hydrogen) atoms. The van der Waals surface area contributed by atoms with Crippen LogP contribution in [-0.4, -0.2) is 29.2 Å². The van der Waals surface area contributed by atoms with Gasteiger partial charge in [-0.15, -0.1) is 0 Å². The highest BCUT2D eigenvalue weighted by molar-refractivity contribution is 7.90. The van der Waals surface area contributed by atoms with Gasteiger partial charge in [0.2, 0.25) is 0 Å². The van der Waals surface area contributed by atoms with Crippen LogP contribution in [0.25, 0.3) is 39.4 Å². The van der Waals surface area contributed by atoms with Crippen molar-refractivity contribution >= 4 is 21.0 Å². The van der Waals surface area contributed by atoms with Crippen LogP contribution in [0.2, 0.25) is 0 Å². The first-order valence-corrected chi connectivity index (χ1v) is 11.7. The molecule has 5 aromatic rings. The van der Waals surface area contributed by atoms with Gasteiger partial charge in [0.1, 0.15) is 5.82 Å². The quantitative estimate of drug-likeness (QED) is 0.399. The third-order valence-corrected chi connectivity index (χ3v) is 6.33. The van der Waals surface area contributed by atoms with E-state index in [0.29, 0.717) is 11.5 Å². The fraction of sp³-hybridized carbons (Fsp3) is 0.0400. The number of imidazole rings is 1. The summed E-state index contributed by atoms with van der Waals surface area (Å²) in [6, 6.07) is 29.2. The molecule has 0 saturated carbocycles. The van der Waals surface area contributed by atoms with Gasteiger partial charge in [-0.3, -0.25) is 4.57 Å². The fourth-order valence-corrected chi connectivity index (χ4v) is 4.28. The molecule has 0 saturated heterocycles. The topological polar surface area (TPSA) is 64.8 Å². The molecule has 0 atom stereocenters. The standard InChI is InChI=1S/C25H19N3O2S/c1-31(29,30)22-15-11-20(12-16-22)25-27-24-23(8-5-17-26-24)28(25)21-13-9-19(10-14-21)18-6-3-2-4-7-18/h2-17H,1H3. The van der Waals surface area contributed by atoms with Gasteiger partial charge in [0, 0.05) is 23.7 Å². The van der Waals surface area contributed by atoms with E-state index in [1.807, 2.05) is 34.9 Å². The van der Waals surface area contributed by atoms with Gasteiger partial charge >= 0.3 is 0 Å². The summed E-state index contributed by atoms with van der Waals surface area (Å²) in [5.41, 5.74) is 5.58. The molecular weight excluding hydrogens is 406 g/mol. The van der Waals surface area contributed by atoms with Crippen LogP contribution in [0.3, 0.4) is 0 Å². The predicted octanol–water partition coefficient (Wildman–Crippen LogP) is 5.16. The lowest BCUT2D eigenvalue weighted by molar-refractivity contribution is 0.602. The van der Waals surface area contributed by atoms with Crippen molar-refractivity contribution < 1.29 is 8.42 Å². The first-order chi connectivity index (χ1) is 15.0. The molecule has 2 aromatic heterocycles. The van der Waals surface area contributed by atoms with Crippen LogP contribution in [0, 0.1) is 0 Å². The predicted molar refractivity (Wildman–Crippen MR) is 123 cm³/mol. The van der Waals surface area contributed by atoms with Crippen molar-refractivity contribution in [3.63, 3.8) is 0 Å². The molecule has 0 unspecified atom stereocenters. The lowest BCUT2D eigenvalue weighted by Crippen LogP contribution is -1.99. The summed E-state index contributed by atoms with van der Waals surface area (Å²) in [5, 5.41) is 0. The molecule has 3 aromatic carbocycles. The van der Waals surface area contributed by atoms with E-state index in [9.17, 15) is 8.42 Å². The zero-order valence-electron chi connectivity index (χ0n) is 16.8. The molecule has 0 radical (unpaired) electrons. The molecule has 0 spiro atoms. The Morgan fingerprint density at radius 2 is 1.35 bits per heavy atom. The summed E-state index contributed by atoms with van der Waals surface area (Å²) in [6.07, 6.45) is 2.92. The Balaban J connectivity index is 1.65. The minimum Gasteiger partial charge on any atom is -0.291 e. The van der Waals surface area contributed by atoms with Crippen molar-refractivity contribution in [2.24, 2.45) is 0 Å². The van der Waals surface area contributed by atoms with Crippen LogP contribution in [0.1, 0.15) is 0 Å². The smallest absolute Gasteiger partial charge is 0.178 e. The molecule has 0 N–H and O–H groups in total. The summed E-state index contributed by atoms with van der Waals surface area (Å²) >= 11 is 0. The average Bonchev–Trinajstić information content (AvgIpc) is 3.19. The van der Waals surface area contributed by atoms with E-state index in [1.165, 1.54) is 6.26 Å². The molecule has 0 aliphatic rings. The van der Waals surface area contributed by atoms with Gasteiger partial charge in [-0.25, -0.2) is 18.4 Å². The highest BCUT2D eigenvalue weighted by atomic mass is 32.2. The van der Waals surface area contributed by atoms with Crippen LogP contribution in [-0.2, 0) is 9.84 Å². The zero-order valence-corrected chi connectivity index (χ0v) is 17.6. The number of fused-ring (bicyclic) bond motifs is 1. The number of nitrogens with zero attached hydrogens (tertiary/aromatic N) is 3. The maximum Gasteiger partial charge on any atom is 0.178 e. The summed E-state index contributed by atoms with van der Waals surface area (Å²) in [5.74, 6) is 0.709. The normalized spacial score (nSPS) is 11.6. The van der Waals surface area contributed by atoms with E-state index >= 15 is 0 Å². The van der Waals surface area contributed by atoms with Crippen molar-refractivity contribution in [1.29, 1.82) is 0 Å². The third kappa shape index (κ3) is 3.62. The van der Waals surface area contributed by atoms with E-state index < -0.39 is 9.84 Å². The highest BCUT2D eigenvalue weighted by Gasteiger charge is 2.16. The minimum atomic E-state index is -3.26. The number of rotatable bonds is 4. The third-order valence-electron chi connectivity index (χ3n) is 5.20. The van der Waals surface area contributed by atoms with Gasteiger partial charge in [0.05, 0.1) is 10.4 Å². The molecule has 0 amide bonds. The van der Waals surface area contributed by atoms with Gasteiger partial charge in [0.15, 0.2) is 15.5 Å². The highest BCUT2D eigenvalue weighted by Crippen LogP contribution is 2.30. The summed E-state index contributed by atoms with van der Waals surface area (Å²) < 4.78 is 25.7. The maximum absolute atomic E-state index is 11.8. The van der Waals surface area contributed by atoms with Crippen LogP contribution >= 0.6 is 0 Å². The Morgan fingerprint density at radius 1 is 0.710 bits per heavy atom. The second-order valence-electron chi connectivity index (χ2n) is 7.33. The summed E-state index contributed by atoms with van der Waals surface area (Å²) in [6.45, 7) is 0. The molecule has 0 aliphatic heterocycles. The zero-order chi connectivity index (χ0) is 21.4. The van der Waals surface area contributed by atoms with E-state index in [4.69, 9.17) is 4.98 Å². The Hall–Kier alpha value is -3.77. The van der Waals surface area contributed by atoms with Gasteiger partial charge in [-0.1, -0.05) is 42.5 Å². The maximum atomic E-state index is 11.8. The molecule has 0 aliphatic carbocycles. The molecule has 6 heteroatoms. The lowest BCUT2D eigenvalue weighted by Gasteiger charge is -2.11. The monoisotopic (exact) mass is 425 g/mol. The van der Waals surface area contributed by atoms with Gasteiger partial charge < -0.3 is 0 Å². The minimum absolute atomic E-state index is 0.282. The first kappa shape index (κ1) is 19.2. The van der Waals surface area contributed by atoms with E-state index in [2.05, 4.69) is 41.4 Å². The summed E-state index contributed by atoms with van der Waals surface area (Å²) in [4.78, 5) is 9.42. The van der Waals surface area contributed by atoms with E-state index in [1.54, 1.807) is 30.5 Å². The van der Waals surface area contributed by atoms with Crippen molar-refractivity contribution in [3.8, 4) is 28.2 Å². The van der Waals surface area contributed by atoms with Gasteiger partial charge in [-0.05, 0) is 59.7 Å². The fourth-order valence-electron chi connectivity index (χ4n) is 3.65. The second kappa shape index (κ2) is 7.49. The van der Waals surface area contributed by atoms with Crippen molar-refractivity contribution in [3.05, 3.63) is 97.2 Å². The molecular formula is C25H19N3O2S. The van der Waals surface area contributed by atoms with Crippen molar-refractivity contribution in [1.82, 2.24) is 14.5 Å². The lowest BCUT2D eigenvalue weighted by atomic mass is 10.1. The van der Waals surface area contributed by atoms with Crippen LogP contribution < -0.4 is 0 Å². The van der Waals surface area contributed by atoms with Crippen molar-refractivity contribution in [2.45, 2.75) is 4.90 Å². The number of pyridine rings is 1. The number of aromatic nitrogens is 3. The molecule has 5 rings (SSSR count). The van der Waals surface area contributed by atoms with Gasteiger partial charge in [-0.2, -0.15) is 0 Å². The van der Waals surface area contributed by atoms with Gasteiger partial charge in [0.25, 0.3) is 0 Å². The Labute approximate surface area is 180 Å². The number of hydrogen-bond donors (Lipinski definition) is 0. The molecule has 2 heterocycles. The number of sulfone groups is 1. The first-order valence-electron chi connectivity index (χ1n) is 9.80. The Bertz CT molecular complexity index is 1470. The van der Waals surface area contributed by atoms with Crippen molar-refractivity contribution in [2.75, 3.05) is 6.26 Å². The SMILES string of the molecule is CS(=O)(=O)c1ccc(-c2nc3ncccc3n2-c2ccc(-c3ccccc3)cc2)cc1. The van der Waals surface area contributed by atoms with E-state index in [-0.39, 0.29) is 4.90 Å². The number of hydrogen-bond acceptors (Lipinski definition) is 4. The van der Waals surface area contributed by atoms with E-state index in [0.717, 1.165) is 27.9 Å². The summed E-state index contributed by atoms with van der Waals surface area (Å²) in [7, 11) is -3.26. The van der Waals surface area contributed by atoms with Crippen LogP contribution in [0.15, 0.2) is 102 Å². The van der Waals surface area contributed by atoms with Crippen LogP contribution in [0.4, 0.5) is 0 Å². The number of benzene rings is 3. The Kier molecular flexibility index (Phi) is 4.64. The van der Waals surface area contributed by atoms with Crippen LogP contribution in [0.5, 0.6) is 0 Å². The molecule has 0 bridgehead atoms. The molecule has 152 valence electrons.